The number of rotatable bonds is 5. The molecule has 0 saturated carbocycles. The average molecular weight is 427 g/mol. The van der Waals surface area contributed by atoms with E-state index in [1.807, 2.05) is 35.7 Å². The van der Waals surface area contributed by atoms with Crippen molar-refractivity contribution in [1.82, 2.24) is 0 Å². The lowest BCUT2D eigenvalue weighted by Crippen LogP contribution is -2.11. The molecule has 1 aromatic heterocycles. The van der Waals surface area contributed by atoms with Crippen molar-refractivity contribution >= 4 is 56.5 Å². The smallest absolute Gasteiger partial charge is 0.265 e. The maximum atomic E-state index is 12.1. The molecule has 2 amide bonds. The lowest BCUT2D eigenvalue weighted by molar-refractivity contribution is -0.111. The quantitative estimate of drug-likeness (QED) is 0.535. The Hall–Kier alpha value is -2.70. The number of carbonyl (C=O) groups is 2. The monoisotopic (exact) mass is 426 g/mol. The van der Waals surface area contributed by atoms with Crippen LogP contribution in [-0.2, 0) is 4.79 Å². The third kappa shape index (κ3) is 4.91. The summed E-state index contributed by atoms with van der Waals surface area (Å²) in [5, 5.41) is 7.46. The summed E-state index contributed by atoms with van der Waals surface area (Å²) < 4.78 is 0.919. The third-order valence-corrected chi connectivity index (χ3v) is 5.04. The molecule has 0 aliphatic rings. The van der Waals surface area contributed by atoms with Crippen molar-refractivity contribution < 1.29 is 9.59 Å². The molecule has 3 aromatic rings. The molecule has 0 bridgehead atoms. The van der Waals surface area contributed by atoms with E-state index in [2.05, 4.69) is 26.6 Å². The first-order valence-corrected chi connectivity index (χ1v) is 9.47. The first kappa shape index (κ1) is 18.1. The topological polar surface area (TPSA) is 58.2 Å². The van der Waals surface area contributed by atoms with E-state index in [9.17, 15) is 9.59 Å². The number of carbonyl (C=O) groups excluding carboxylic acids is 2. The molecule has 0 atom stereocenters. The fraction of sp³-hybridized carbons (Fsp3) is 0. The second-order valence-electron chi connectivity index (χ2n) is 5.36. The van der Waals surface area contributed by atoms with Crippen LogP contribution in [0.5, 0.6) is 0 Å². The van der Waals surface area contributed by atoms with Gasteiger partial charge in [0.15, 0.2) is 0 Å². The standard InChI is InChI=1S/C20H15BrN2O2S/c21-17-8-2-1-5-14(17)10-11-19(24)22-15-6-3-7-16(13-15)23-20(25)18-9-4-12-26-18/h1-13H,(H,22,24)(H,23,25)/b11-10+. The maximum absolute atomic E-state index is 12.1. The van der Waals surface area contributed by atoms with Gasteiger partial charge in [-0.3, -0.25) is 9.59 Å². The van der Waals surface area contributed by atoms with Gasteiger partial charge in [-0.25, -0.2) is 0 Å². The SMILES string of the molecule is O=C(/C=C/c1ccccc1Br)Nc1cccc(NC(=O)c2cccs2)c1. The normalized spacial score (nSPS) is 10.7. The lowest BCUT2D eigenvalue weighted by Gasteiger charge is -2.07. The van der Waals surface area contributed by atoms with Gasteiger partial charge in [0.25, 0.3) is 5.91 Å². The minimum absolute atomic E-state index is 0.169. The van der Waals surface area contributed by atoms with Crippen LogP contribution >= 0.6 is 27.3 Å². The van der Waals surface area contributed by atoms with Gasteiger partial charge >= 0.3 is 0 Å². The molecule has 3 rings (SSSR count). The Kier molecular flexibility index (Phi) is 5.99. The summed E-state index contributed by atoms with van der Waals surface area (Å²) in [4.78, 5) is 24.8. The van der Waals surface area contributed by atoms with Crippen molar-refractivity contribution in [3.63, 3.8) is 0 Å². The summed E-state index contributed by atoms with van der Waals surface area (Å²) in [6.07, 6.45) is 3.21. The van der Waals surface area contributed by atoms with E-state index in [-0.39, 0.29) is 11.8 Å². The number of amides is 2. The molecular weight excluding hydrogens is 412 g/mol. The van der Waals surface area contributed by atoms with Crippen molar-refractivity contribution in [2.45, 2.75) is 0 Å². The highest BCUT2D eigenvalue weighted by atomic mass is 79.9. The minimum Gasteiger partial charge on any atom is -0.322 e. The van der Waals surface area contributed by atoms with Gasteiger partial charge in [0, 0.05) is 21.9 Å². The van der Waals surface area contributed by atoms with E-state index in [1.54, 1.807) is 36.4 Å². The molecular formula is C20H15BrN2O2S. The predicted molar refractivity (Wildman–Crippen MR) is 111 cm³/mol. The van der Waals surface area contributed by atoms with Crippen molar-refractivity contribution in [2.24, 2.45) is 0 Å². The van der Waals surface area contributed by atoms with Crippen LogP contribution in [0.3, 0.4) is 0 Å². The summed E-state index contributed by atoms with van der Waals surface area (Å²) in [5.74, 6) is -0.417. The van der Waals surface area contributed by atoms with E-state index < -0.39 is 0 Å². The van der Waals surface area contributed by atoms with Gasteiger partial charge in [0.2, 0.25) is 5.91 Å². The molecule has 0 aliphatic carbocycles. The third-order valence-electron chi connectivity index (χ3n) is 3.45. The molecule has 6 heteroatoms. The molecule has 26 heavy (non-hydrogen) atoms. The van der Waals surface area contributed by atoms with Crippen LogP contribution in [-0.4, -0.2) is 11.8 Å². The molecule has 0 unspecified atom stereocenters. The van der Waals surface area contributed by atoms with E-state index >= 15 is 0 Å². The number of benzene rings is 2. The van der Waals surface area contributed by atoms with Crippen LogP contribution < -0.4 is 10.6 Å². The summed E-state index contributed by atoms with van der Waals surface area (Å²) in [5.41, 5.74) is 2.14. The van der Waals surface area contributed by atoms with Crippen LogP contribution in [0.15, 0.2) is 76.6 Å². The highest BCUT2D eigenvalue weighted by Crippen LogP contribution is 2.19. The predicted octanol–water partition coefficient (Wildman–Crippen LogP) is 5.41. The fourth-order valence-corrected chi connectivity index (χ4v) is 3.27. The van der Waals surface area contributed by atoms with E-state index in [4.69, 9.17) is 0 Å². The maximum Gasteiger partial charge on any atom is 0.265 e. The zero-order valence-electron chi connectivity index (χ0n) is 13.6. The lowest BCUT2D eigenvalue weighted by atomic mass is 10.2. The second-order valence-corrected chi connectivity index (χ2v) is 7.16. The Morgan fingerprint density at radius 3 is 2.42 bits per heavy atom. The van der Waals surface area contributed by atoms with Gasteiger partial charge in [-0.05, 0) is 47.4 Å². The Balaban J connectivity index is 1.64. The van der Waals surface area contributed by atoms with Crippen LogP contribution in [0.1, 0.15) is 15.2 Å². The van der Waals surface area contributed by atoms with Crippen LogP contribution in [0.2, 0.25) is 0 Å². The fourth-order valence-electron chi connectivity index (χ4n) is 2.23. The van der Waals surface area contributed by atoms with Gasteiger partial charge < -0.3 is 10.6 Å². The largest absolute Gasteiger partial charge is 0.322 e. The van der Waals surface area contributed by atoms with Crippen molar-refractivity contribution in [1.29, 1.82) is 0 Å². The number of hydrogen-bond donors (Lipinski definition) is 2. The van der Waals surface area contributed by atoms with Crippen LogP contribution in [0.25, 0.3) is 6.08 Å². The number of anilines is 2. The zero-order chi connectivity index (χ0) is 18.4. The second kappa shape index (κ2) is 8.60. The van der Waals surface area contributed by atoms with Gasteiger partial charge in [-0.2, -0.15) is 0 Å². The molecule has 0 fully saturated rings. The average Bonchev–Trinajstić information content (AvgIpc) is 3.16. The number of hydrogen-bond acceptors (Lipinski definition) is 3. The Bertz CT molecular complexity index is 952. The van der Waals surface area contributed by atoms with E-state index in [0.29, 0.717) is 16.3 Å². The molecule has 2 aromatic carbocycles. The molecule has 0 saturated heterocycles. The van der Waals surface area contributed by atoms with Crippen LogP contribution in [0.4, 0.5) is 11.4 Å². The molecule has 0 radical (unpaired) electrons. The Labute approximate surface area is 163 Å². The minimum atomic E-state index is -0.248. The van der Waals surface area contributed by atoms with Crippen molar-refractivity contribution in [3.8, 4) is 0 Å². The number of halogens is 1. The molecule has 130 valence electrons. The molecule has 4 nitrogen and oxygen atoms in total. The van der Waals surface area contributed by atoms with Gasteiger partial charge in [-0.15, -0.1) is 11.3 Å². The summed E-state index contributed by atoms with van der Waals surface area (Å²) >= 11 is 4.82. The molecule has 2 N–H and O–H groups in total. The highest BCUT2D eigenvalue weighted by molar-refractivity contribution is 9.10. The van der Waals surface area contributed by atoms with E-state index in [0.717, 1.165) is 10.0 Å². The molecule has 1 heterocycles. The van der Waals surface area contributed by atoms with Crippen molar-refractivity contribution in [3.05, 3.63) is 87.0 Å². The van der Waals surface area contributed by atoms with Gasteiger partial charge in [0.05, 0.1) is 4.88 Å². The molecule has 0 spiro atoms. The zero-order valence-corrected chi connectivity index (χ0v) is 16.0. The Morgan fingerprint density at radius 1 is 0.923 bits per heavy atom. The number of thiophene rings is 1. The van der Waals surface area contributed by atoms with Gasteiger partial charge in [0.1, 0.15) is 0 Å². The highest BCUT2D eigenvalue weighted by Gasteiger charge is 2.07. The first-order chi connectivity index (χ1) is 12.6. The van der Waals surface area contributed by atoms with Crippen molar-refractivity contribution in [2.75, 3.05) is 10.6 Å². The Morgan fingerprint density at radius 2 is 1.69 bits per heavy atom. The summed E-state index contributed by atoms with van der Waals surface area (Å²) in [6.45, 7) is 0. The van der Waals surface area contributed by atoms with Crippen LogP contribution in [0, 0.1) is 0 Å². The summed E-state index contributed by atoms with van der Waals surface area (Å²) in [6, 6.07) is 18.3. The first-order valence-electron chi connectivity index (χ1n) is 7.80. The van der Waals surface area contributed by atoms with E-state index in [1.165, 1.54) is 17.4 Å². The van der Waals surface area contributed by atoms with Gasteiger partial charge in [-0.1, -0.05) is 46.3 Å². The summed E-state index contributed by atoms with van der Waals surface area (Å²) in [7, 11) is 0. The number of nitrogens with one attached hydrogen (secondary N) is 2. The molecule has 0 aliphatic heterocycles.